The number of rotatable bonds is 5. The molecule has 1 amide bonds. The van der Waals surface area contributed by atoms with Gasteiger partial charge in [-0.3, -0.25) is 0 Å². The lowest BCUT2D eigenvalue weighted by Gasteiger charge is -2.42. The van der Waals surface area contributed by atoms with Crippen molar-refractivity contribution >= 4 is 6.09 Å². The van der Waals surface area contributed by atoms with Crippen LogP contribution in [0.3, 0.4) is 0 Å². The number of amides is 1. The van der Waals surface area contributed by atoms with Crippen molar-refractivity contribution in [1.29, 1.82) is 0 Å². The fourth-order valence-corrected chi connectivity index (χ4v) is 4.85. The fourth-order valence-electron chi connectivity index (χ4n) is 4.85. The lowest BCUT2D eigenvalue weighted by Crippen LogP contribution is -2.42. The molecule has 0 fully saturated rings. The van der Waals surface area contributed by atoms with Crippen molar-refractivity contribution in [2.45, 2.75) is 18.9 Å². The Bertz CT molecular complexity index is 1030. The third-order valence-corrected chi connectivity index (χ3v) is 6.13. The van der Waals surface area contributed by atoms with Crippen LogP contribution in [0.2, 0.25) is 0 Å². The third-order valence-electron chi connectivity index (χ3n) is 6.13. The van der Waals surface area contributed by atoms with E-state index in [-0.39, 0.29) is 12.1 Å². The van der Waals surface area contributed by atoms with E-state index in [1.807, 2.05) is 12.1 Å². The average molecular weight is 429 g/mol. The zero-order valence-corrected chi connectivity index (χ0v) is 18.7. The Kier molecular flexibility index (Phi) is 5.47. The summed E-state index contributed by atoms with van der Waals surface area (Å²) in [7, 11) is 9.43. The van der Waals surface area contributed by atoms with E-state index < -0.39 is 0 Å². The standard InChI is InChI=1S/C23H27NO7/c1-26-16-10-12-9-15-18-13(7-8-24(15)23(25)31-6)20(28-3)22(30-5)21(29-4)19(18)14(12)11-17(16)27-2/h10-11,15H,7-9H2,1-6H3/t15-/m1/s1. The molecular formula is C23H27NO7. The van der Waals surface area contributed by atoms with E-state index in [0.717, 1.165) is 27.8 Å². The van der Waals surface area contributed by atoms with Crippen LogP contribution in [0.25, 0.3) is 11.1 Å². The number of ether oxygens (including phenoxy) is 6. The van der Waals surface area contributed by atoms with Crippen molar-refractivity contribution in [2.75, 3.05) is 49.2 Å². The van der Waals surface area contributed by atoms with E-state index in [1.54, 1.807) is 40.4 Å². The van der Waals surface area contributed by atoms with Gasteiger partial charge in [-0.1, -0.05) is 0 Å². The quantitative estimate of drug-likeness (QED) is 0.719. The fraction of sp³-hybridized carbons (Fsp3) is 0.435. The molecule has 2 aromatic carbocycles. The van der Waals surface area contributed by atoms with Crippen LogP contribution in [-0.2, 0) is 17.6 Å². The summed E-state index contributed by atoms with van der Waals surface area (Å²) in [5.41, 5.74) is 4.85. The molecule has 8 heteroatoms. The molecular weight excluding hydrogens is 402 g/mol. The summed E-state index contributed by atoms with van der Waals surface area (Å²) in [6, 6.07) is 3.67. The summed E-state index contributed by atoms with van der Waals surface area (Å²) < 4.78 is 33.5. The van der Waals surface area contributed by atoms with Crippen molar-refractivity contribution in [3.63, 3.8) is 0 Å². The molecule has 0 saturated heterocycles. The molecule has 2 aromatic rings. The Morgan fingerprint density at radius 2 is 1.52 bits per heavy atom. The Labute approximate surface area is 181 Å². The predicted octanol–water partition coefficient (Wildman–Crippen LogP) is 3.62. The number of hydrogen-bond acceptors (Lipinski definition) is 7. The number of fused-ring (bicyclic) bond motifs is 2. The van der Waals surface area contributed by atoms with Gasteiger partial charge in [0.25, 0.3) is 0 Å². The zero-order valence-electron chi connectivity index (χ0n) is 18.7. The minimum atomic E-state index is -0.362. The molecule has 1 aliphatic heterocycles. The first-order valence-corrected chi connectivity index (χ1v) is 9.99. The van der Waals surface area contributed by atoms with Gasteiger partial charge in [0.2, 0.25) is 5.75 Å². The number of carbonyl (C=O) groups is 1. The molecule has 0 radical (unpaired) electrons. The highest BCUT2D eigenvalue weighted by atomic mass is 16.5. The molecule has 0 unspecified atom stereocenters. The van der Waals surface area contributed by atoms with Crippen LogP contribution < -0.4 is 23.7 Å². The molecule has 0 saturated carbocycles. The molecule has 166 valence electrons. The van der Waals surface area contributed by atoms with Gasteiger partial charge in [0.1, 0.15) is 0 Å². The molecule has 31 heavy (non-hydrogen) atoms. The average Bonchev–Trinajstić information content (AvgIpc) is 2.81. The summed E-state index contributed by atoms with van der Waals surface area (Å²) >= 11 is 0. The molecule has 0 bridgehead atoms. The van der Waals surface area contributed by atoms with Gasteiger partial charge in [-0.15, -0.1) is 0 Å². The van der Waals surface area contributed by atoms with Crippen LogP contribution in [0.1, 0.15) is 22.7 Å². The normalized spacial score (nSPS) is 16.1. The summed E-state index contributed by atoms with van der Waals surface area (Å²) in [6.07, 6.45) is 0.850. The van der Waals surface area contributed by atoms with Crippen LogP contribution in [0, 0.1) is 0 Å². The summed E-state index contributed by atoms with van der Waals surface area (Å²) in [6.45, 7) is 0.512. The largest absolute Gasteiger partial charge is 0.493 e. The molecule has 4 rings (SSSR count). The molecule has 1 heterocycles. The van der Waals surface area contributed by atoms with Crippen molar-refractivity contribution in [2.24, 2.45) is 0 Å². The van der Waals surface area contributed by atoms with Crippen molar-refractivity contribution in [1.82, 2.24) is 4.90 Å². The predicted molar refractivity (Wildman–Crippen MR) is 114 cm³/mol. The topological polar surface area (TPSA) is 75.7 Å². The van der Waals surface area contributed by atoms with Gasteiger partial charge in [-0.25, -0.2) is 4.79 Å². The van der Waals surface area contributed by atoms with Crippen LogP contribution in [0.15, 0.2) is 12.1 Å². The van der Waals surface area contributed by atoms with Gasteiger partial charge < -0.3 is 33.3 Å². The van der Waals surface area contributed by atoms with Crippen molar-refractivity contribution in [3.05, 3.63) is 28.8 Å². The first-order valence-electron chi connectivity index (χ1n) is 9.99. The SMILES string of the molecule is COC(=O)N1CCc2c(OC)c(OC)c(OC)c3c2[C@H]1Cc1cc(OC)c(OC)cc1-3. The molecule has 1 atom stereocenters. The van der Waals surface area contributed by atoms with Gasteiger partial charge in [-0.05, 0) is 41.7 Å². The van der Waals surface area contributed by atoms with E-state index in [2.05, 4.69) is 0 Å². The Hall–Kier alpha value is -3.29. The zero-order chi connectivity index (χ0) is 22.3. The third kappa shape index (κ3) is 3.00. The van der Waals surface area contributed by atoms with Crippen LogP contribution in [0.5, 0.6) is 28.7 Å². The Morgan fingerprint density at radius 3 is 2.10 bits per heavy atom. The first kappa shape index (κ1) is 21.0. The van der Waals surface area contributed by atoms with E-state index in [4.69, 9.17) is 28.4 Å². The molecule has 0 N–H and O–H groups in total. The van der Waals surface area contributed by atoms with E-state index in [9.17, 15) is 4.79 Å². The van der Waals surface area contributed by atoms with Gasteiger partial charge in [-0.2, -0.15) is 0 Å². The van der Waals surface area contributed by atoms with Crippen LogP contribution >= 0.6 is 0 Å². The highest BCUT2D eigenvalue weighted by Crippen LogP contribution is 2.58. The second-order valence-corrected chi connectivity index (χ2v) is 7.36. The molecule has 1 aliphatic carbocycles. The summed E-state index contributed by atoms with van der Waals surface area (Å²) in [5, 5.41) is 0. The lowest BCUT2D eigenvalue weighted by molar-refractivity contribution is 0.0997. The van der Waals surface area contributed by atoms with Gasteiger partial charge in [0, 0.05) is 17.7 Å². The maximum absolute atomic E-state index is 12.6. The van der Waals surface area contributed by atoms with Crippen LogP contribution in [0.4, 0.5) is 4.79 Å². The second kappa shape index (κ2) is 8.09. The minimum Gasteiger partial charge on any atom is -0.493 e. The first-order chi connectivity index (χ1) is 15.0. The number of hydrogen-bond donors (Lipinski definition) is 0. The number of nitrogens with zero attached hydrogens (tertiary/aromatic N) is 1. The Morgan fingerprint density at radius 1 is 0.871 bits per heavy atom. The Balaban J connectivity index is 2.10. The molecule has 2 aliphatic rings. The molecule has 8 nitrogen and oxygen atoms in total. The number of benzene rings is 2. The van der Waals surface area contributed by atoms with Crippen molar-refractivity contribution in [3.8, 4) is 39.9 Å². The van der Waals surface area contributed by atoms with E-state index >= 15 is 0 Å². The second-order valence-electron chi connectivity index (χ2n) is 7.36. The van der Waals surface area contributed by atoms with Crippen LogP contribution in [-0.4, -0.2) is 60.2 Å². The highest BCUT2D eigenvalue weighted by Gasteiger charge is 2.42. The number of carbonyl (C=O) groups excluding carboxylic acids is 1. The van der Waals surface area contributed by atoms with E-state index in [1.165, 1.54) is 7.11 Å². The monoisotopic (exact) mass is 429 g/mol. The van der Waals surface area contributed by atoms with E-state index in [0.29, 0.717) is 48.1 Å². The highest BCUT2D eigenvalue weighted by molar-refractivity contribution is 5.88. The molecule has 0 spiro atoms. The summed E-state index contributed by atoms with van der Waals surface area (Å²) in [5.74, 6) is 2.97. The minimum absolute atomic E-state index is 0.231. The maximum atomic E-state index is 12.6. The number of methoxy groups -OCH3 is 6. The maximum Gasteiger partial charge on any atom is 0.410 e. The van der Waals surface area contributed by atoms with Gasteiger partial charge in [0.05, 0.1) is 48.7 Å². The van der Waals surface area contributed by atoms with Crippen molar-refractivity contribution < 1.29 is 33.2 Å². The molecule has 0 aromatic heterocycles. The van der Waals surface area contributed by atoms with Gasteiger partial charge >= 0.3 is 6.09 Å². The summed E-state index contributed by atoms with van der Waals surface area (Å²) in [4.78, 5) is 14.4. The smallest absolute Gasteiger partial charge is 0.410 e. The van der Waals surface area contributed by atoms with Gasteiger partial charge in [0.15, 0.2) is 23.0 Å². The lowest BCUT2D eigenvalue weighted by atomic mass is 9.76.